The van der Waals surface area contributed by atoms with Crippen molar-refractivity contribution < 1.29 is 0 Å². The van der Waals surface area contributed by atoms with E-state index in [0.717, 1.165) is 10.7 Å². The summed E-state index contributed by atoms with van der Waals surface area (Å²) in [5.41, 5.74) is 1.38. The van der Waals surface area contributed by atoms with E-state index in [1.54, 1.807) is 0 Å². The van der Waals surface area contributed by atoms with Crippen molar-refractivity contribution in [3.63, 3.8) is 0 Å². The first kappa shape index (κ1) is 9.20. The summed E-state index contributed by atoms with van der Waals surface area (Å²) in [6.07, 6.45) is 9.06. The molecule has 1 saturated carbocycles. The monoisotopic (exact) mass is 239 g/mol. The minimum absolute atomic E-state index is 0.758. The zero-order valence-corrected chi connectivity index (χ0v) is 9.20. The first-order valence-corrected chi connectivity index (χ1v) is 5.79. The molecule has 2 unspecified atom stereocenters. The van der Waals surface area contributed by atoms with Gasteiger partial charge in [-0.2, -0.15) is 0 Å². The molecule has 0 saturated heterocycles. The van der Waals surface area contributed by atoms with E-state index in [2.05, 4.69) is 27.0 Å². The molecule has 0 aromatic carbocycles. The van der Waals surface area contributed by atoms with E-state index >= 15 is 0 Å². The van der Waals surface area contributed by atoms with Crippen molar-refractivity contribution >= 4 is 15.9 Å². The second-order valence-corrected chi connectivity index (χ2v) is 5.14. The Bertz CT molecular complexity index is 260. The van der Waals surface area contributed by atoms with Crippen LogP contribution in [-0.2, 0) is 6.42 Å². The van der Waals surface area contributed by atoms with Crippen LogP contribution < -0.4 is 0 Å². The number of aromatic nitrogens is 1. The Morgan fingerprint density at radius 3 is 3.00 bits per heavy atom. The van der Waals surface area contributed by atoms with E-state index in [9.17, 15) is 0 Å². The van der Waals surface area contributed by atoms with Crippen molar-refractivity contribution in [3.05, 3.63) is 30.1 Å². The molecule has 1 fully saturated rings. The second-order valence-electron chi connectivity index (χ2n) is 3.84. The lowest BCUT2D eigenvalue weighted by Crippen LogP contribution is -2.00. The maximum Gasteiger partial charge on any atom is 0.0299 e. The predicted molar refractivity (Wildman–Crippen MR) is 58.0 cm³/mol. The topological polar surface area (TPSA) is 12.9 Å². The summed E-state index contributed by atoms with van der Waals surface area (Å²) in [5.74, 6) is 0.869. The Hall–Kier alpha value is -0.370. The highest BCUT2D eigenvalue weighted by molar-refractivity contribution is 9.09. The molecule has 2 heteroatoms. The fraction of sp³-hybridized carbons (Fsp3) is 0.545. The smallest absolute Gasteiger partial charge is 0.0299 e. The number of halogens is 1. The number of nitrogens with zero attached hydrogens (tertiary/aromatic N) is 1. The molecule has 1 heterocycles. The van der Waals surface area contributed by atoms with Crippen LogP contribution in [0, 0.1) is 5.92 Å². The molecule has 1 aliphatic rings. The van der Waals surface area contributed by atoms with Gasteiger partial charge in [0.15, 0.2) is 0 Å². The van der Waals surface area contributed by atoms with Gasteiger partial charge in [-0.15, -0.1) is 0 Å². The minimum Gasteiger partial charge on any atom is -0.264 e. The molecule has 0 spiro atoms. The zero-order chi connectivity index (χ0) is 9.10. The summed E-state index contributed by atoms with van der Waals surface area (Å²) in [4.78, 5) is 4.89. The molecule has 13 heavy (non-hydrogen) atoms. The van der Waals surface area contributed by atoms with Crippen molar-refractivity contribution in [2.75, 3.05) is 0 Å². The third-order valence-corrected chi connectivity index (χ3v) is 3.56. The van der Waals surface area contributed by atoms with Gasteiger partial charge in [-0.3, -0.25) is 4.98 Å². The molecule has 1 aromatic rings. The average molecular weight is 240 g/mol. The van der Waals surface area contributed by atoms with Crippen LogP contribution in [0.4, 0.5) is 0 Å². The van der Waals surface area contributed by atoms with Crippen molar-refractivity contribution in [3.8, 4) is 0 Å². The highest BCUT2D eigenvalue weighted by Crippen LogP contribution is 2.32. The van der Waals surface area contributed by atoms with Gasteiger partial charge >= 0.3 is 0 Å². The van der Waals surface area contributed by atoms with Crippen molar-refractivity contribution in [2.24, 2.45) is 5.92 Å². The van der Waals surface area contributed by atoms with Gasteiger partial charge in [0.25, 0.3) is 0 Å². The average Bonchev–Trinajstić information content (AvgIpc) is 2.53. The fourth-order valence-electron chi connectivity index (χ4n) is 2.05. The van der Waals surface area contributed by atoms with E-state index in [1.165, 1.54) is 31.2 Å². The Kier molecular flexibility index (Phi) is 2.99. The maximum atomic E-state index is 4.13. The third-order valence-electron chi connectivity index (χ3n) is 2.72. The van der Waals surface area contributed by atoms with Gasteiger partial charge in [0.2, 0.25) is 0 Å². The maximum absolute atomic E-state index is 4.13. The molecular weight excluding hydrogens is 226 g/mol. The van der Waals surface area contributed by atoms with Crippen LogP contribution in [-0.4, -0.2) is 9.81 Å². The Labute approximate surface area is 87.7 Å². The van der Waals surface area contributed by atoms with Gasteiger partial charge in [-0.25, -0.2) is 0 Å². The van der Waals surface area contributed by atoms with Crippen molar-refractivity contribution in [2.45, 2.75) is 30.5 Å². The van der Waals surface area contributed by atoms with Crippen LogP contribution in [0.15, 0.2) is 24.5 Å². The lowest BCUT2D eigenvalue weighted by molar-refractivity contribution is 0.547. The largest absolute Gasteiger partial charge is 0.264 e. The van der Waals surface area contributed by atoms with Crippen molar-refractivity contribution in [1.29, 1.82) is 0 Å². The van der Waals surface area contributed by atoms with Crippen LogP contribution in [0.3, 0.4) is 0 Å². The van der Waals surface area contributed by atoms with E-state index in [4.69, 9.17) is 0 Å². The number of rotatable bonds is 2. The summed E-state index contributed by atoms with van der Waals surface area (Å²) in [5, 5.41) is 0. The molecular formula is C11H14BrN. The Morgan fingerprint density at radius 2 is 2.38 bits per heavy atom. The Balaban J connectivity index is 1.92. The first-order valence-electron chi connectivity index (χ1n) is 4.87. The summed E-state index contributed by atoms with van der Waals surface area (Å²) in [6.45, 7) is 0. The third kappa shape index (κ3) is 2.53. The fourth-order valence-corrected chi connectivity index (χ4v) is 2.84. The number of hydrogen-bond donors (Lipinski definition) is 0. The van der Waals surface area contributed by atoms with Crippen LogP contribution >= 0.6 is 15.9 Å². The molecule has 0 aliphatic heterocycles. The Morgan fingerprint density at radius 1 is 1.46 bits per heavy atom. The van der Waals surface area contributed by atoms with Crippen LogP contribution in [0.5, 0.6) is 0 Å². The summed E-state index contributed by atoms with van der Waals surface area (Å²) in [6, 6.07) is 4.20. The van der Waals surface area contributed by atoms with Gasteiger partial charge in [0.1, 0.15) is 0 Å². The molecule has 2 rings (SSSR count). The predicted octanol–water partition coefficient (Wildman–Crippen LogP) is 3.19. The molecule has 1 nitrogen and oxygen atoms in total. The highest BCUT2D eigenvalue weighted by Gasteiger charge is 2.22. The van der Waals surface area contributed by atoms with Gasteiger partial charge < -0.3 is 0 Å². The number of pyridine rings is 1. The minimum atomic E-state index is 0.758. The normalized spacial score (nSPS) is 27.8. The SMILES string of the molecule is BrC1CCC(Cc2cccnc2)C1. The molecule has 70 valence electrons. The van der Waals surface area contributed by atoms with Gasteiger partial charge in [0, 0.05) is 17.2 Å². The van der Waals surface area contributed by atoms with E-state index in [0.29, 0.717) is 0 Å². The first-order chi connectivity index (χ1) is 6.34. The molecule has 1 aromatic heterocycles. The van der Waals surface area contributed by atoms with Gasteiger partial charge in [0.05, 0.1) is 0 Å². The molecule has 2 atom stereocenters. The number of alkyl halides is 1. The summed E-state index contributed by atoms with van der Waals surface area (Å²) < 4.78 is 0. The lowest BCUT2D eigenvalue weighted by atomic mass is 9.99. The van der Waals surface area contributed by atoms with Gasteiger partial charge in [-0.05, 0) is 43.2 Å². The molecule has 0 amide bonds. The molecule has 0 radical (unpaired) electrons. The van der Waals surface area contributed by atoms with Crippen LogP contribution in [0.25, 0.3) is 0 Å². The van der Waals surface area contributed by atoms with E-state index in [1.807, 2.05) is 18.5 Å². The van der Waals surface area contributed by atoms with E-state index in [-0.39, 0.29) is 0 Å². The standard InChI is InChI=1S/C11H14BrN/c12-11-4-3-9(7-11)6-10-2-1-5-13-8-10/h1-2,5,8-9,11H,3-4,6-7H2. The van der Waals surface area contributed by atoms with Gasteiger partial charge in [-0.1, -0.05) is 22.0 Å². The van der Waals surface area contributed by atoms with E-state index < -0.39 is 0 Å². The van der Waals surface area contributed by atoms with Crippen molar-refractivity contribution in [1.82, 2.24) is 4.98 Å². The second kappa shape index (κ2) is 4.23. The highest BCUT2D eigenvalue weighted by atomic mass is 79.9. The van der Waals surface area contributed by atoms with Crippen LogP contribution in [0.1, 0.15) is 24.8 Å². The number of hydrogen-bond acceptors (Lipinski definition) is 1. The zero-order valence-electron chi connectivity index (χ0n) is 7.62. The summed E-state index contributed by atoms with van der Waals surface area (Å²) >= 11 is 3.68. The van der Waals surface area contributed by atoms with Crippen LogP contribution in [0.2, 0.25) is 0 Å². The molecule has 0 bridgehead atoms. The summed E-state index contributed by atoms with van der Waals surface area (Å²) in [7, 11) is 0. The quantitative estimate of drug-likeness (QED) is 0.723. The lowest BCUT2D eigenvalue weighted by Gasteiger charge is -2.07. The molecule has 0 N–H and O–H groups in total. The molecule has 1 aliphatic carbocycles.